The predicted octanol–water partition coefficient (Wildman–Crippen LogP) is 0.359. The smallest absolute Gasteiger partial charge is 0.353 e. The van der Waals surface area contributed by atoms with Gasteiger partial charge in [-0.25, -0.2) is 9.46 Å². The molecule has 3 rings (SSSR count). The first-order chi connectivity index (χ1) is 12.8. The molecule has 0 amide bonds. The maximum Gasteiger partial charge on any atom is 0.363 e. The Bertz CT molecular complexity index is 825. The number of aromatic amines is 1. The molecule has 9 nitrogen and oxygen atoms in total. The van der Waals surface area contributed by atoms with Crippen LogP contribution in [0.3, 0.4) is 0 Å². The summed E-state index contributed by atoms with van der Waals surface area (Å²) in [5.74, 6) is 0. The normalized spacial score (nSPS) is 28.3. The zero-order valence-electron chi connectivity index (χ0n) is 15.6. The van der Waals surface area contributed by atoms with Crippen molar-refractivity contribution >= 4 is 27.6 Å². The van der Waals surface area contributed by atoms with Crippen molar-refractivity contribution in [1.82, 2.24) is 19.1 Å². The number of ether oxygens (including phenoxy) is 1. The van der Waals surface area contributed by atoms with Crippen LogP contribution in [0, 0.1) is 6.92 Å². The lowest BCUT2D eigenvalue weighted by Gasteiger charge is -2.35. The molecule has 0 radical (unpaired) electrons. The number of likely N-dealkylation sites (N-methyl/N-ethyl adjacent to an activating group) is 1. The van der Waals surface area contributed by atoms with Crippen molar-refractivity contribution in [2.45, 2.75) is 31.3 Å². The van der Waals surface area contributed by atoms with E-state index in [4.69, 9.17) is 20.5 Å². The number of nitrogens with one attached hydrogen (secondary N) is 1. The zero-order valence-corrected chi connectivity index (χ0v) is 18.7. The summed E-state index contributed by atoms with van der Waals surface area (Å²) in [6.07, 6.45) is 0.842. The van der Waals surface area contributed by atoms with Gasteiger partial charge in [0.1, 0.15) is 6.23 Å². The van der Waals surface area contributed by atoms with Gasteiger partial charge in [-0.05, 0) is 37.3 Å². The first-order valence-electron chi connectivity index (χ1n) is 9.12. The van der Waals surface area contributed by atoms with Gasteiger partial charge < -0.3 is 14.2 Å². The number of hydrogen-bond acceptors (Lipinski definition) is 6. The first-order valence-corrected chi connectivity index (χ1v) is 13.6. The molecule has 152 valence electrons. The second kappa shape index (κ2) is 8.73. The molecule has 12 heteroatoms. The fourth-order valence-corrected chi connectivity index (χ4v) is 6.85. The van der Waals surface area contributed by atoms with Crippen molar-refractivity contribution in [2.75, 3.05) is 39.8 Å². The van der Waals surface area contributed by atoms with Gasteiger partial charge in [-0.15, -0.1) is 0 Å². The van der Waals surface area contributed by atoms with Crippen LogP contribution in [0.2, 0.25) is 12.1 Å². The number of halogens is 1. The van der Waals surface area contributed by atoms with Crippen LogP contribution in [-0.2, 0) is 13.8 Å². The first kappa shape index (κ1) is 21.0. The van der Waals surface area contributed by atoms with Crippen molar-refractivity contribution in [3.63, 3.8) is 0 Å². The van der Waals surface area contributed by atoms with E-state index in [-0.39, 0.29) is 18.3 Å². The molecule has 3 atom stereocenters. The minimum Gasteiger partial charge on any atom is -0.353 e. The molecule has 27 heavy (non-hydrogen) atoms. The van der Waals surface area contributed by atoms with E-state index >= 15 is 0 Å². The van der Waals surface area contributed by atoms with Gasteiger partial charge in [0, 0.05) is 47.5 Å². The minimum atomic E-state index is -3.38. The lowest BCUT2D eigenvalue weighted by Crippen LogP contribution is -2.42. The Morgan fingerprint density at radius 3 is 2.74 bits per heavy atom. The zero-order chi connectivity index (χ0) is 19.6. The predicted molar refractivity (Wildman–Crippen MR) is 107 cm³/mol. The number of aryl methyl sites for hydroxylation is 1. The molecule has 0 bridgehead atoms. The monoisotopic (exact) mass is 436 g/mol. The van der Waals surface area contributed by atoms with Crippen molar-refractivity contribution in [2.24, 2.45) is 0 Å². The van der Waals surface area contributed by atoms with E-state index in [9.17, 15) is 14.2 Å². The second-order valence-electron chi connectivity index (χ2n) is 7.13. The number of piperazine rings is 1. The van der Waals surface area contributed by atoms with Gasteiger partial charge >= 0.3 is 12.6 Å². The SMILES string of the molecule is Cc1cn([C@H]2C[SiH2]C[C@@H](COP(=O)(Cl)N3CCN(C)CC3)O2)c(=O)[nH]c1=O. The van der Waals surface area contributed by atoms with Crippen LogP contribution in [0.25, 0.3) is 0 Å². The third-order valence-electron chi connectivity index (χ3n) is 5.02. The van der Waals surface area contributed by atoms with Crippen LogP contribution < -0.4 is 11.2 Å². The van der Waals surface area contributed by atoms with Crippen molar-refractivity contribution in [1.29, 1.82) is 0 Å². The molecular formula is C15H26ClN4O5PSi. The van der Waals surface area contributed by atoms with E-state index in [0.717, 1.165) is 25.2 Å². The molecule has 1 aromatic rings. The van der Waals surface area contributed by atoms with Gasteiger partial charge in [-0.2, -0.15) is 0 Å². The van der Waals surface area contributed by atoms with E-state index in [1.807, 2.05) is 7.05 Å². The summed E-state index contributed by atoms with van der Waals surface area (Å²) in [4.78, 5) is 28.1. The number of rotatable bonds is 5. The van der Waals surface area contributed by atoms with Gasteiger partial charge in [0.25, 0.3) is 5.56 Å². The maximum absolute atomic E-state index is 12.7. The van der Waals surface area contributed by atoms with Crippen LogP contribution in [0.15, 0.2) is 15.8 Å². The molecule has 0 saturated carbocycles. The average molecular weight is 437 g/mol. The largest absolute Gasteiger partial charge is 0.363 e. The van der Waals surface area contributed by atoms with Crippen LogP contribution in [0.1, 0.15) is 11.8 Å². The Morgan fingerprint density at radius 1 is 1.33 bits per heavy atom. The van der Waals surface area contributed by atoms with E-state index in [1.54, 1.807) is 11.6 Å². The van der Waals surface area contributed by atoms with Gasteiger partial charge in [-0.1, -0.05) is 0 Å². The maximum atomic E-state index is 12.7. The minimum absolute atomic E-state index is 0.133. The van der Waals surface area contributed by atoms with Gasteiger partial charge in [0.05, 0.1) is 12.7 Å². The van der Waals surface area contributed by atoms with E-state index in [2.05, 4.69) is 9.88 Å². The third kappa shape index (κ3) is 5.20. The summed E-state index contributed by atoms with van der Waals surface area (Å²) in [5.41, 5.74) is -0.412. The lowest BCUT2D eigenvalue weighted by molar-refractivity contribution is -0.0619. The summed E-state index contributed by atoms with van der Waals surface area (Å²) in [6.45, 7) is 1.20. The molecule has 3 heterocycles. The Labute approximate surface area is 164 Å². The molecule has 1 N–H and O–H groups in total. The summed E-state index contributed by atoms with van der Waals surface area (Å²) in [7, 11) is 1.54. The Kier molecular flexibility index (Phi) is 6.78. The topological polar surface area (TPSA) is 96.9 Å². The van der Waals surface area contributed by atoms with Gasteiger partial charge in [0.15, 0.2) is 0 Å². The van der Waals surface area contributed by atoms with Crippen LogP contribution in [0.5, 0.6) is 0 Å². The number of hydrogen-bond donors (Lipinski definition) is 1. The highest BCUT2D eigenvalue weighted by Gasteiger charge is 2.34. The fraction of sp³-hybridized carbons (Fsp3) is 0.733. The molecule has 2 aliphatic rings. The Morgan fingerprint density at radius 2 is 2.04 bits per heavy atom. The molecule has 1 unspecified atom stereocenters. The molecule has 2 saturated heterocycles. The number of H-pyrrole nitrogens is 1. The average Bonchev–Trinajstić information content (AvgIpc) is 2.64. The van der Waals surface area contributed by atoms with E-state index < -0.39 is 28.3 Å². The molecule has 2 aliphatic heterocycles. The Hall–Kier alpha value is -0.743. The van der Waals surface area contributed by atoms with Crippen LogP contribution in [-0.4, -0.2) is 74.6 Å². The summed E-state index contributed by atoms with van der Waals surface area (Å²) in [6, 6.07) is 1.66. The van der Waals surface area contributed by atoms with E-state index in [0.29, 0.717) is 18.7 Å². The summed E-state index contributed by atoms with van der Waals surface area (Å²) < 4.78 is 27.4. The standard InChI is InChI=1S/C15H26ClN4O5PSi/c1-11-7-20(15(22)17-14(11)21)13-10-27-9-12(25-13)8-24-26(16,23)19-5-3-18(2)4-6-19/h7,12-13H,3-6,8-10,27H2,1-2H3,(H,17,21,22)/t12-,13-,26?/m1/s1. The van der Waals surface area contributed by atoms with Gasteiger partial charge in [0.2, 0.25) is 0 Å². The van der Waals surface area contributed by atoms with Crippen molar-refractivity contribution in [3.05, 3.63) is 32.6 Å². The third-order valence-corrected chi connectivity index (χ3v) is 9.45. The molecule has 2 fully saturated rings. The summed E-state index contributed by atoms with van der Waals surface area (Å²) in [5, 5.41) is 0. The van der Waals surface area contributed by atoms with Crippen molar-refractivity contribution < 1.29 is 13.8 Å². The Balaban J connectivity index is 1.60. The number of nitrogens with zero attached hydrogens (tertiary/aromatic N) is 3. The molecule has 1 aromatic heterocycles. The fourth-order valence-electron chi connectivity index (χ4n) is 3.30. The van der Waals surface area contributed by atoms with Crippen LogP contribution >= 0.6 is 18.1 Å². The number of aromatic nitrogens is 2. The second-order valence-corrected chi connectivity index (χ2v) is 12.0. The quantitative estimate of drug-likeness (QED) is 0.525. The summed E-state index contributed by atoms with van der Waals surface area (Å²) >= 11 is 6.20. The highest BCUT2D eigenvalue weighted by atomic mass is 35.7. The van der Waals surface area contributed by atoms with Crippen molar-refractivity contribution in [3.8, 4) is 0 Å². The highest BCUT2D eigenvalue weighted by Crippen LogP contribution is 2.56. The van der Waals surface area contributed by atoms with E-state index in [1.165, 1.54) is 10.8 Å². The van der Waals surface area contributed by atoms with Crippen LogP contribution in [0.4, 0.5) is 0 Å². The molecule has 0 spiro atoms. The molecule has 0 aliphatic carbocycles. The highest BCUT2D eigenvalue weighted by molar-refractivity contribution is 7.83. The molecular weight excluding hydrogens is 411 g/mol. The lowest BCUT2D eigenvalue weighted by atomic mass is 10.3. The molecule has 0 aromatic carbocycles. The van der Waals surface area contributed by atoms with Gasteiger partial charge in [-0.3, -0.25) is 18.9 Å².